The molecule has 0 amide bonds. The number of cyclic esters (lactones) is 1. The molecule has 1 aliphatic heterocycles. The van der Waals surface area contributed by atoms with Crippen LogP contribution in [0, 0.1) is 0 Å². The van der Waals surface area contributed by atoms with Crippen molar-refractivity contribution in [3.8, 4) is 0 Å². The molecule has 1 aliphatic rings. The van der Waals surface area contributed by atoms with Gasteiger partial charge in [0.05, 0.1) is 13.2 Å². The number of hydrogen-bond acceptors (Lipinski definition) is 4. The first kappa shape index (κ1) is 35.7. The summed E-state index contributed by atoms with van der Waals surface area (Å²) in [5.74, 6) is -0.263. The molecule has 0 spiro atoms. The molecule has 0 N–H and O–H groups in total. The van der Waals surface area contributed by atoms with Crippen molar-refractivity contribution in [2.24, 2.45) is 0 Å². The van der Waals surface area contributed by atoms with E-state index in [9.17, 15) is 4.79 Å². The Bertz CT molecular complexity index is 1470. The van der Waals surface area contributed by atoms with Crippen LogP contribution in [0.4, 0.5) is 0 Å². The highest BCUT2D eigenvalue weighted by molar-refractivity contribution is 7.00. The van der Waals surface area contributed by atoms with Gasteiger partial charge in [-0.05, 0) is 37.2 Å². The van der Waals surface area contributed by atoms with Gasteiger partial charge in [-0.25, -0.2) is 4.79 Å². The standard InChI is InChI=1S/C42H52O4Si2/c1-8-9-22-34-31-42(46-39(34)43,32-44-47(40(2,3)4,35-23-14-10-15-24-35)36-25-16-11-17-26-36)33-45-48(41(5,6)7,37-27-18-12-19-28-37)38-29-20-13-21-30-38/h10-30H,8-9,31-33H2,1-7H3/b34-22-. The van der Waals surface area contributed by atoms with E-state index in [2.05, 4.69) is 176 Å². The van der Waals surface area contributed by atoms with Crippen molar-refractivity contribution in [3.63, 3.8) is 0 Å². The van der Waals surface area contributed by atoms with E-state index in [1.54, 1.807) is 0 Å². The second-order valence-electron chi connectivity index (χ2n) is 15.2. The summed E-state index contributed by atoms with van der Waals surface area (Å²) in [6.45, 7) is 16.2. The number of esters is 1. The molecule has 0 radical (unpaired) electrons. The summed E-state index contributed by atoms with van der Waals surface area (Å²) < 4.78 is 21.5. The number of allylic oxidation sites excluding steroid dienone is 1. The molecule has 1 fully saturated rings. The summed E-state index contributed by atoms with van der Waals surface area (Å²) in [7, 11) is -5.86. The van der Waals surface area contributed by atoms with Gasteiger partial charge in [0, 0.05) is 12.0 Å². The minimum atomic E-state index is -2.93. The zero-order chi connectivity index (χ0) is 34.5. The molecule has 4 aromatic carbocycles. The fourth-order valence-electron chi connectivity index (χ4n) is 7.40. The number of carbonyl (C=O) groups excluding carboxylic acids is 1. The predicted molar refractivity (Wildman–Crippen MR) is 204 cm³/mol. The smallest absolute Gasteiger partial charge is 0.334 e. The average Bonchev–Trinajstić information content (AvgIpc) is 3.40. The molecule has 0 aliphatic carbocycles. The second-order valence-corrected chi connectivity index (χ2v) is 23.8. The number of benzene rings is 4. The minimum Gasteiger partial charge on any atom is -0.451 e. The van der Waals surface area contributed by atoms with E-state index >= 15 is 0 Å². The summed E-state index contributed by atoms with van der Waals surface area (Å²) in [4.78, 5) is 13.6. The van der Waals surface area contributed by atoms with E-state index in [1.165, 1.54) is 20.7 Å². The number of unbranched alkanes of at least 4 members (excludes halogenated alkanes) is 1. The first-order valence-corrected chi connectivity index (χ1v) is 21.1. The van der Waals surface area contributed by atoms with Gasteiger partial charge >= 0.3 is 5.97 Å². The van der Waals surface area contributed by atoms with Crippen LogP contribution in [0.25, 0.3) is 0 Å². The Hall–Kier alpha value is -3.56. The van der Waals surface area contributed by atoms with Gasteiger partial charge in [-0.1, -0.05) is 182 Å². The highest BCUT2D eigenvalue weighted by atomic mass is 28.4. The summed E-state index contributed by atoms with van der Waals surface area (Å²) >= 11 is 0. The Morgan fingerprint density at radius 2 is 0.958 bits per heavy atom. The SMILES string of the molecule is CCC/C=C1/CC(CO[Si](c2ccccc2)(c2ccccc2)C(C)(C)C)(CO[Si](c2ccccc2)(c2ccccc2)C(C)(C)C)OC1=O. The van der Waals surface area contributed by atoms with E-state index in [0.717, 1.165) is 12.8 Å². The molecule has 1 saturated heterocycles. The highest BCUT2D eigenvalue weighted by Gasteiger charge is 2.56. The highest BCUT2D eigenvalue weighted by Crippen LogP contribution is 2.42. The van der Waals surface area contributed by atoms with Gasteiger partial charge in [0.15, 0.2) is 5.60 Å². The van der Waals surface area contributed by atoms with Crippen LogP contribution in [0.15, 0.2) is 133 Å². The van der Waals surface area contributed by atoms with Crippen molar-refractivity contribution in [1.82, 2.24) is 0 Å². The first-order chi connectivity index (χ1) is 22.9. The Balaban J connectivity index is 1.64. The monoisotopic (exact) mass is 676 g/mol. The first-order valence-electron chi connectivity index (χ1n) is 17.3. The Labute approximate surface area is 290 Å². The Morgan fingerprint density at radius 1 is 0.625 bits per heavy atom. The summed E-state index contributed by atoms with van der Waals surface area (Å²) in [6, 6.07) is 42.6. The quantitative estimate of drug-likeness (QED) is 0.0884. The topological polar surface area (TPSA) is 44.8 Å². The normalized spacial score (nSPS) is 16.2. The van der Waals surface area contributed by atoms with E-state index in [-0.39, 0.29) is 29.3 Å². The molecule has 48 heavy (non-hydrogen) atoms. The van der Waals surface area contributed by atoms with E-state index in [4.69, 9.17) is 13.6 Å². The zero-order valence-corrected chi connectivity index (χ0v) is 31.8. The molecule has 5 rings (SSSR count). The maximum atomic E-state index is 13.6. The van der Waals surface area contributed by atoms with E-state index < -0.39 is 22.2 Å². The third-order valence-electron chi connectivity index (χ3n) is 9.70. The van der Waals surface area contributed by atoms with Crippen molar-refractivity contribution in [2.45, 2.75) is 83.4 Å². The van der Waals surface area contributed by atoms with Crippen LogP contribution in [0.5, 0.6) is 0 Å². The predicted octanol–water partition coefficient (Wildman–Crippen LogP) is 7.55. The number of hydrogen-bond donors (Lipinski definition) is 0. The minimum absolute atomic E-state index is 0.223. The van der Waals surface area contributed by atoms with Gasteiger partial charge in [-0.3, -0.25) is 0 Å². The van der Waals surface area contributed by atoms with Crippen LogP contribution < -0.4 is 20.7 Å². The molecular formula is C42H52O4Si2. The summed E-state index contributed by atoms with van der Waals surface area (Å²) in [5, 5.41) is 4.32. The van der Waals surface area contributed by atoms with Crippen LogP contribution in [-0.2, 0) is 18.4 Å². The molecule has 6 heteroatoms. The molecule has 0 saturated carbocycles. The van der Waals surface area contributed by atoms with Gasteiger partial charge in [0.25, 0.3) is 16.6 Å². The fourth-order valence-corrected chi connectivity index (χ4v) is 16.7. The molecule has 1 heterocycles. The van der Waals surface area contributed by atoms with Crippen molar-refractivity contribution in [1.29, 1.82) is 0 Å². The van der Waals surface area contributed by atoms with Gasteiger partial charge in [-0.2, -0.15) is 0 Å². The molecule has 252 valence electrons. The molecule has 0 aromatic heterocycles. The lowest BCUT2D eigenvalue weighted by atomic mass is 9.99. The molecule has 0 bridgehead atoms. The van der Waals surface area contributed by atoms with Crippen molar-refractivity contribution in [2.75, 3.05) is 13.2 Å². The zero-order valence-electron chi connectivity index (χ0n) is 29.8. The lowest BCUT2D eigenvalue weighted by Gasteiger charge is -2.46. The van der Waals surface area contributed by atoms with Gasteiger partial charge in [0.2, 0.25) is 0 Å². The molecule has 4 aromatic rings. The summed E-state index contributed by atoms with van der Waals surface area (Å²) in [6.07, 6.45) is 4.28. The molecule has 4 nitrogen and oxygen atoms in total. The number of carbonyl (C=O) groups is 1. The van der Waals surface area contributed by atoms with Gasteiger partial charge in [0.1, 0.15) is 0 Å². The fraction of sp³-hybridized carbons (Fsp3) is 0.357. The number of ether oxygens (including phenoxy) is 1. The maximum Gasteiger partial charge on any atom is 0.334 e. The van der Waals surface area contributed by atoms with Crippen LogP contribution in [0.1, 0.15) is 67.7 Å². The van der Waals surface area contributed by atoms with Crippen LogP contribution in [0.3, 0.4) is 0 Å². The van der Waals surface area contributed by atoms with E-state index in [0.29, 0.717) is 12.0 Å². The molecule has 0 unspecified atom stereocenters. The Kier molecular flexibility index (Phi) is 10.8. The van der Waals surface area contributed by atoms with Gasteiger partial charge in [-0.15, -0.1) is 0 Å². The van der Waals surface area contributed by atoms with Crippen LogP contribution in [0.2, 0.25) is 10.1 Å². The third kappa shape index (κ3) is 6.95. The summed E-state index contributed by atoms with van der Waals surface area (Å²) in [5.41, 5.74) is -0.273. The van der Waals surface area contributed by atoms with Crippen LogP contribution >= 0.6 is 0 Å². The van der Waals surface area contributed by atoms with Crippen LogP contribution in [-0.4, -0.2) is 41.4 Å². The van der Waals surface area contributed by atoms with Crippen molar-refractivity contribution >= 4 is 43.4 Å². The van der Waals surface area contributed by atoms with Gasteiger partial charge < -0.3 is 13.6 Å². The van der Waals surface area contributed by atoms with Crippen molar-refractivity contribution in [3.05, 3.63) is 133 Å². The van der Waals surface area contributed by atoms with Crippen molar-refractivity contribution < 1.29 is 18.4 Å². The third-order valence-corrected chi connectivity index (χ3v) is 19.7. The lowest BCUT2D eigenvalue weighted by molar-refractivity contribution is -0.152. The molecule has 0 atom stereocenters. The molecular weight excluding hydrogens is 625 g/mol. The second kappa shape index (κ2) is 14.5. The average molecular weight is 677 g/mol. The lowest BCUT2D eigenvalue weighted by Crippen LogP contribution is -2.69. The number of rotatable bonds is 12. The largest absolute Gasteiger partial charge is 0.451 e. The Morgan fingerprint density at radius 3 is 1.25 bits per heavy atom. The van der Waals surface area contributed by atoms with E-state index in [1.807, 2.05) is 0 Å². The maximum absolute atomic E-state index is 13.6.